The molecule has 0 spiro atoms. The molecule has 8 nitrogen and oxygen atoms in total. The van der Waals surface area contributed by atoms with Crippen molar-refractivity contribution < 1.29 is 0 Å². The smallest absolute Gasteiger partial charge is 0.352 e. The molecule has 0 N–H and O–H groups in total. The van der Waals surface area contributed by atoms with Crippen LogP contribution in [0, 0.1) is 0 Å². The number of hydrogen-bond acceptors (Lipinski definition) is 6. The summed E-state index contributed by atoms with van der Waals surface area (Å²) in [7, 11) is 0. The van der Waals surface area contributed by atoms with E-state index in [1.165, 1.54) is 42.4 Å². The van der Waals surface area contributed by atoms with Gasteiger partial charge in [-0.25, -0.2) is 9.78 Å². The van der Waals surface area contributed by atoms with Gasteiger partial charge >= 0.3 is 5.69 Å². The summed E-state index contributed by atoms with van der Waals surface area (Å²) in [4.78, 5) is 40.4. The lowest BCUT2D eigenvalue weighted by Gasteiger charge is -2.29. The third kappa shape index (κ3) is 4.76. The number of rotatable bonds is 6. The van der Waals surface area contributed by atoms with Crippen molar-refractivity contribution in [3.05, 3.63) is 68.3 Å². The number of fused-ring (bicyclic) bond motifs is 2. The van der Waals surface area contributed by atoms with Crippen molar-refractivity contribution >= 4 is 28.3 Å². The number of aromatic nitrogens is 4. The van der Waals surface area contributed by atoms with Crippen LogP contribution in [-0.4, -0.2) is 56.7 Å². The van der Waals surface area contributed by atoms with Crippen molar-refractivity contribution in [3.63, 3.8) is 0 Å². The van der Waals surface area contributed by atoms with Gasteiger partial charge in [0.15, 0.2) is 11.5 Å². The molecule has 2 saturated heterocycles. The average molecular weight is 519 g/mol. The lowest BCUT2D eigenvalue weighted by molar-refractivity contribution is 0.323. The topological polar surface area (TPSA) is 76.3 Å². The quantitative estimate of drug-likeness (QED) is 0.356. The first kappa shape index (κ1) is 24.1. The van der Waals surface area contributed by atoms with Crippen LogP contribution < -0.4 is 16.1 Å². The van der Waals surface area contributed by atoms with Crippen molar-refractivity contribution in [3.8, 4) is 17.2 Å². The van der Waals surface area contributed by atoms with Gasteiger partial charge in [0.05, 0.1) is 11.0 Å². The van der Waals surface area contributed by atoms with Gasteiger partial charge in [0, 0.05) is 36.0 Å². The van der Waals surface area contributed by atoms with Crippen LogP contribution in [-0.2, 0) is 6.54 Å². The Bertz CT molecular complexity index is 1500. The van der Waals surface area contributed by atoms with Crippen LogP contribution in [0.15, 0.2) is 52.1 Å². The Kier molecular flexibility index (Phi) is 6.69. The number of nitrogens with zero attached hydrogens (tertiary/aromatic N) is 6. The number of anilines is 1. The van der Waals surface area contributed by atoms with Crippen LogP contribution >= 0.6 is 11.6 Å². The van der Waals surface area contributed by atoms with Crippen LogP contribution in [0.25, 0.3) is 28.2 Å². The summed E-state index contributed by atoms with van der Waals surface area (Å²) in [6, 6.07) is 13.6. The Balaban J connectivity index is 1.43. The molecule has 0 bridgehead atoms. The second-order valence-electron chi connectivity index (χ2n) is 10.1. The van der Waals surface area contributed by atoms with Crippen molar-refractivity contribution in [1.29, 1.82) is 0 Å². The molecule has 0 unspecified atom stereocenters. The molecule has 4 heterocycles. The maximum Gasteiger partial charge on any atom is 0.352 e. The number of benzene rings is 2. The minimum absolute atomic E-state index is 0.190. The first-order valence-corrected chi connectivity index (χ1v) is 13.7. The second kappa shape index (κ2) is 10.3. The minimum Gasteiger partial charge on any atom is -0.372 e. The molecular formula is C28H31ClN6O2. The van der Waals surface area contributed by atoms with E-state index >= 15 is 0 Å². The van der Waals surface area contributed by atoms with Crippen molar-refractivity contribution in [2.75, 3.05) is 37.6 Å². The van der Waals surface area contributed by atoms with Gasteiger partial charge < -0.3 is 9.80 Å². The molecule has 0 aromatic heterocycles. The SMILES string of the molecule is O=c1nc2n(-c3ccc(N4CCCCC4)cc3)c3cc(Cl)ccc3nc-2c(=O)n1CCCN1CCCC1. The van der Waals surface area contributed by atoms with E-state index in [1.807, 2.05) is 16.7 Å². The highest BCUT2D eigenvalue weighted by molar-refractivity contribution is 6.31. The molecule has 0 radical (unpaired) electrons. The van der Waals surface area contributed by atoms with Crippen LogP contribution in [0.5, 0.6) is 0 Å². The van der Waals surface area contributed by atoms with E-state index < -0.39 is 11.2 Å². The minimum atomic E-state index is -0.541. The van der Waals surface area contributed by atoms with Crippen molar-refractivity contribution in [2.45, 2.75) is 45.1 Å². The molecule has 37 heavy (non-hydrogen) atoms. The fourth-order valence-electron chi connectivity index (χ4n) is 5.65. The summed E-state index contributed by atoms with van der Waals surface area (Å²) >= 11 is 6.36. The molecule has 192 valence electrons. The summed E-state index contributed by atoms with van der Waals surface area (Å²) in [5, 5.41) is 0.546. The van der Waals surface area contributed by atoms with Gasteiger partial charge in [-0.3, -0.25) is 13.9 Å². The highest BCUT2D eigenvalue weighted by atomic mass is 35.5. The summed E-state index contributed by atoms with van der Waals surface area (Å²) in [6.07, 6.45) is 6.83. The molecule has 6 rings (SSSR count). The molecule has 2 fully saturated rings. The summed E-state index contributed by atoms with van der Waals surface area (Å²) in [6.45, 7) is 5.49. The monoisotopic (exact) mass is 518 g/mol. The summed E-state index contributed by atoms with van der Waals surface area (Å²) in [5.41, 5.74) is 2.55. The number of halogens is 1. The highest BCUT2D eigenvalue weighted by Crippen LogP contribution is 2.29. The van der Waals surface area contributed by atoms with Gasteiger partial charge in [0.1, 0.15) is 0 Å². The van der Waals surface area contributed by atoms with Crippen LogP contribution in [0.4, 0.5) is 5.69 Å². The summed E-state index contributed by atoms with van der Waals surface area (Å²) < 4.78 is 3.07. The van der Waals surface area contributed by atoms with Crippen molar-refractivity contribution in [1.82, 2.24) is 24.0 Å². The van der Waals surface area contributed by atoms with Gasteiger partial charge in [-0.1, -0.05) is 11.6 Å². The molecule has 0 saturated carbocycles. The van der Waals surface area contributed by atoms with E-state index in [0.29, 0.717) is 22.6 Å². The fraction of sp³-hybridized carbons (Fsp3) is 0.429. The van der Waals surface area contributed by atoms with Crippen LogP contribution in [0.1, 0.15) is 38.5 Å². The molecule has 0 aliphatic carbocycles. The van der Waals surface area contributed by atoms with E-state index in [4.69, 9.17) is 11.6 Å². The number of piperidine rings is 1. The van der Waals surface area contributed by atoms with E-state index in [0.717, 1.165) is 44.8 Å². The highest BCUT2D eigenvalue weighted by Gasteiger charge is 2.23. The van der Waals surface area contributed by atoms with Crippen LogP contribution in [0.3, 0.4) is 0 Å². The van der Waals surface area contributed by atoms with E-state index in [-0.39, 0.29) is 11.5 Å². The lowest BCUT2D eigenvalue weighted by atomic mass is 10.1. The standard InChI is InChI=1S/C28H31ClN6O2/c29-20-7-12-23-24(19-20)35(22-10-8-21(9-11-22)33-16-2-1-3-17-33)26-25(30-23)27(36)34(28(37)31-26)18-6-15-32-13-4-5-14-32/h7-12,19H,1-6,13-18H2. The van der Waals surface area contributed by atoms with Gasteiger partial charge in [-0.2, -0.15) is 4.98 Å². The predicted octanol–water partition coefficient (Wildman–Crippen LogP) is 4.18. The van der Waals surface area contributed by atoms with Crippen LogP contribution in [0.2, 0.25) is 5.02 Å². The number of likely N-dealkylation sites (tertiary alicyclic amines) is 1. The fourth-order valence-corrected chi connectivity index (χ4v) is 5.82. The maximum atomic E-state index is 13.5. The third-order valence-corrected chi connectivity index (χ3v) is 7.83. The predicted molar refractivity (Wildman–Crippen MR) is 147 cm³/mol. The molecule has 0 atom stereocenters. The molecule has 4 aliphatic rings. The van der Waals surface area contributed by atoms with Gasteiger partial charge in [-0.15, -0.1) is 0 Å². The molecule has 2 aromatic rings. The largest absolute Gasteiger partial charge is 0.372 e. The molecule has 0 amide bonds. The van der Waals surface area contributed by atoms with E-state index in [9.17, 15) is 9.59 Å². The van der Waals surface area contributed by atoms with Gasteiger partial charge in [0.2, 0.25) is 0 Å². The Morgan fingerprint density at radius 1 is 0.784 bits per heavy atom. The molecule has 9 heteroatoms. The van der Waals surface area contributed by atoms with E-state index in [2.05, 4.69) is 31.9 Å². The normalized spacial score (nSPS) is 16.7. The van der Waals surface area contributed by atoms with Gasteiger partial charge in [-0.05, 0) is 101 Å². The zero-order valence-electron chi connectivity index (χ0n) is 20.9. The summed E-state index contributed by atoms with van der Waals surface area (Å²) in [5.74, 6) is 0.256. The number of hydrogen-bond donors (Lipinski definition) is 0. The molecular weight excluding hydrogens is 488 g/mol. The zero-order chi connectivity index (χ0) is 25.4. The van der Waals surface area contributed by atoms with E-state index in [1.54, 1.807) is 18.2 Å². The lowest BCUT2D eigenvalue weighted by Crippen LogP contribution is -2.39. The third-order valence-electron chi connectivity index (χ3n) is 7.60. The Morgan fingerprint density at radius 3 is 2.24 bits per heavy atom. The average Bonchev–Trinajstić information content (AvgIpc) is 3.44. The zero-order valence-corrected chi connectivity index (χ0v) is 21.7. The van der Waals surface area contributed by atoms with Crippen molar-refractivity contribution in [2.24, 2.45) is 0 Å². The van der Waals surface area contributed by atoms with Gasteiger partial charge in [0.25, 0.3) is 5.56 Å². The Morgan fingerprint density at radius 2 is 1.49 bits per heavy atom. The maximum absolute atomic E-state index is 13.5. The molecule has 4 aliphatic heterocycles. The Hall–Kier alpha value is -3.23. The second-order valence-corrected chi connectivity index (χ2v) is 10.5. The first-order chi connectivity index (χ1) is 18.1. The first-order valence-electron chi connectivity index (χ1n) is 13.3. The Labute approximate surface area is 220 Å². The molecule has 2 aromatic carbocycles.